The summed E-state index contributed by atoms with van der Waals surface area (Å²) in [5.41, 5.74) is 1.90. The van der Waals surface area contributed by atoms with Gasteiger partial charge in [-0.25, -0.2) is 9.78 Å². The standard InChI is InChI=1S/C18H22N2O3S/c1-4-23-18(22)13-7-5-6-8-14(13)19-16(21)9-10-17-20-15(11-24-17)12(2)3/h5-8,11-12H,4,9-10H2,1-3H3,(H,19,21). The molecule has 24 heavy (non-hydrogen) atoms. The number of anilines is 1. The van der Waals surface area contributed by atoms with Crippen molar-refractivity contribution in [1.82, 2.24) is 4.98 Å². The van der Waals surface area contributed by atoms with Crippen LogP contribution in [0.1, 0.15) is 54.2 Å². The molecule has 1 heterocycles. The number of aryl methyl sites for hydroxylation is 1. The molecule has 1 aromatic heterocycles. The Morgan fingerprint density at radius 2 is 2.04 bits per heavy atom. The molecule has 0 aliphatic heterocycles. The van der Waals surface area contributed by atoms with Gasteiger partial charge in [0.05, 0.1) is 28.6 Å². The lowest BCUT2D eigenvalue weighted by Crippen LogP contribution is -2.16. The third kappa shape index (κ3) is 4.89. The number of thiazole rings is 1. The number of rotatable bonds is 7. The summed E-state index contributed by atoms with van der Waals surface area (Å²) in [6, 6.07) is 6.85. The van der Waals surface area contributed by atoms with E-state index in [4.69, 9.17) is 4.74 Å². The number of esters is 1. The molecule has 5 nitrogen and oxygen atoms in total. The quantitative estimate of drug-likeness (QED) is 0.769. The molecule has 1 amide bonds. The molecule has 0 unspecified atom stereocenters. The molecule has 0 spiro atoms. The predicted octanol–water partition coefficient (Wildman–Crippen LogP) is 4.01. The lowest BCUT2D eigenvalue weighted by Gasteiger charge is -2.10. The Labute approximate surface area is 146 Å². The molecular weight excluding hydrogens is 324 g/mol. The maximum Gasteiger partial charge on any atom is 0.340 e. The Morgan fingerprint density at radius 3 is 2.71 bits per heavy atom. The molecule has 0 bridgehead atoms. The molecule has 0 aliphatic carbocycles. The summed E-state index contributed by atoms with van der Waals surface area (Å²) in [5.74, 6) is -0.191. The molecule has 2 rings (SSSR count). The van der Waals surface area contributed by atoms with Crippen molar-refractivity contribution in [2.24, 2.45) is 0 Å². The van der Waals surface area contributed by atoms with Crippen molar-refractivity contribution >= 4 is 28.9 Å². The summed E-state index contributed by atoms with van der Waals surface area (Å²) in [6.45, 7) is 6.23. The van der Waals surface area contributed by atoms with Crippen LogP contribution in [0.2, 0.25) is 0 Å². The number of para-hydroxylation sites is 1. The van der Waals surface area contributed by atoms with E-state index in [1.54, 1.807) is 42.5 Å². The van der Waals surface area contributed by atoms with Crippen molar-refractivity contribution in [3.05, 3.63) is 45.9 Å². The van der Waals surface area contributed by atoms with E-state index in [1.807, 2.05) is 5.38 Å². The fraction of sp³-hybridized carbons (Fsp3) is 0.389. The van der Waals surface area contributed by atoms with Gasteiger partial charge in [0.2, 0.25) is 5.91 Å². The van der Waals surface area contributed by atoms with Gasteiger partial charge in [-0.1, -0.05) is 26.0 Å². The minimum absolute atomic E-state index is 0.145. The lowest BCUT2D eigenvalue weighted by atomic mass is 10.1. The van der Waals surface area contributed by atoms with Crippen molar-refractivity contribution < 1.29 is 14.3 Å². The Balaban J connectivity index is 1.96. The van der Waals surface area contributed by atoms with E-state index in [0.717, 1.165) is 10.7 Å². The van der Waals surface area contributed by atoms with E-state index in [-0.39, 0.29) is 5.91 Å². The summed E-state index contributed by atoms with van der Waals surface area (Å²) in [6.07, 6.45) is 0.910. The molecule has 1 N–H and O–H groups in total. The van der Waals surface area contributed by atoms with E-state index in [0.29, 0.717) is 36.6 Å². The number of hydrogen-bond donors (Lipinski definition) is 1. The Bertz CT molecular complexity index is 710. The van der Waals surface area contributed by atoms with Crippen molar-refractivity contribution in [3.63, 3.8) is 0 Å². The maximum absolute atomic E-state index is 12.2. The van der Waals surface area contributed by atoms with Gasteiger partial charge in [0.1, 0.15) is 0 Å². The van der Waals surface area contributed by atoms with Crippen molar-refractivity contribution in [1.29, 1.82) is 0 Å². The molecule has 6 heteroatoms. The normalized spacial score (nSPS) is 10.7. The largest absolute Gasteiger partial charge is 0.462 e. The zero-order chi connectivity index (χ0) is 17.5. The third-order valence-electron chi connectivity index (χ3n) is 3.42. The number of amides is 1. The van der Waals surface area contributed by atoms with Gasteiger partial charge >= 0.3 is 5.97 Å². The Hall–Kier alpha value is -2.21. The second-order valence-electron chi connectivity index (χ2n) is 5.64. The molecule has 0 aliphatic rings. The molecule has 0 saturated carbocycles. The number of nitrogens with one attached hydrogen (secondary N) is 1. The summed E-state index contributed by atoms with van der Waals surface area (Å²) in [5, 5.41) is 5.77. The fourth-order valence-electron chi connectivity index (χ4n) is 2.12. The molecule has 0 fully saturated rings. The van der Waals surface area contributed by atoms with Crippen LogP contribution in [0.15, 0.2) is 29.6 Å². The highest BCUT2D eigenvalue weighted by molar-refractivity contribution is 7.09. The first-order chi connectivity index (χ1) is 11.5. The number of aromatic nitrogens is 1. The highest BCUT2D eigenvalue weighted by Gasteiger charge is 2.14. The van der Waals surface area contributed by atoms with E-state index < -0.39 is 5.97 Å². The molecule has 1 aromatic carbocycles. The maximum atomic E-state index is 12.2. The topological polar surface area (TPSA) is 68.3 Å². The SMILES string of the molecule is CCOC(=O)c1ccccc1NC(=O)CCc1nc(C(C)C)cs1. The number of benzene rings is 1. The van der Waals surface area contributed by atoms with Crippen LogP contribution >= 0.6 is 11.3 Å². The summed E-state index contributed by atoms with van der Waals surface area (Å²) >= 11 is 1.58. The van der Waals surface area contributed by atoms with E-state index in [1.165, 1.54) is 0 Å². The zero-order valence-corrected chi connectivity index (χ0v) is 15.0. The fourth-order valence-corrected chi connectivity index (χ4v) is 3.08. The average molecular weight is 346 g/mol. The van der Waals surface area contributed by atoms with Crippen LogP contribution in [0.5, 0.6) is 0 Å². The van der Waals surface area contributed by atoms with Crippen LogP contribution in [0.3, 0.4) is 0 Å². The van der Waals surface area contributed by atoms with Crippen LogP contribution in [-0.4, -0.2) is 23.5 Å². The van der Waals surface area contributed by atoms with Gasteiger partial charge in [0.25, 0.3) is 0 Å². The minimum atomic E-state index is -0.435. The molecular formula is C18H22N2O3S. The number of ether oxygens (including phenoxy) is 1. The lowest BCUT2D eigenvalue weighted by molar-refractivity contribution is -0.116. The van der Waals surface area contributed by atoms with Gasteiger partial charge in [-0.2, -0.15) is 0 Å². The van der Waals surface area contributed by atoms with Crippen molar-refractivity contribution in [2.75, 3.05) is 11.9 Å². The van der Waals surface area contributed by atoms with E-state index >= 15 is 0 Å². The van der Waals surface area contributed by atoms with Crippen LogP contribution in [0, 0.1) is 0 Å². The Morgan fingerprint density at radius 1 is 1.29 bits per heavy atom. The first-order valence-corrected chi connectivity index (χ1v) is 8.89. The predicted molar refractivity (Wildman–Crippen MR) is 95.6 cm³/mol. The summed E-state index contributed by atoms with van der Waals surface area (Å²) in [4.78, 5) is 28.6. The van der Waals surface area contributed by atoms with Gasteiger partial charge in [-0.15, -0.1) is 11.3 Å². The van der Waals surface area contributed by atoms with Crippen LogP contribution in [0.25, 0.3) is 0 Å². The number of hydrogen-bond acceptors (Lipinski definition) is 5. The average Bonchev–Trinajstić information content (AvgIpc) is 3.03. The molecule has 128 valence electrons. The highest BCUT2D eigenvalue weighted by Crippen LogP contribution is 2.20. The number of carbonyl (C=O) groups is 2. The van der Waals surface area contributed by atoms with E-state index in [9.17, 15) is 9.59 Å². The first kappa shape index (κ1) is 18.1. The number of nitrogens with zero attached hydrogens (tertiary/aromatic N) is 1. The smallest absolute Gasteiger partial charge is 0.340 e. The highest BCUT2D eigenvalue weighted by atomic mass is 32.1. The number of carbonyl (C=O) groups excluding carboxylic acids is 2. The minimum Gasteiger partial charge on any atom is -0.462 e. The van der Waals surface area contributed by atoms with Crippen LogP contribution < -0.4 is 5.32 Å². The van der Waals surface area contributed by atoms with Crippen LogP contribution in [0.4, 0.5) is 5.69 Å². The molecule has 0 radical (unpaired) electrons. The Kier molecular flexibility index (Phi) is 6.49. The summed E-state index contributed by atoms with van der Waals surface area (Å²) < 4.78 is 5.01. The van der Waals surface area contributed by atoms with Crippen LogP contribution in [-0.2, 0) is 16.0 Å². The second-order valence-corrected chi connectivity index (χ2v) is 6.58. The molecule has 2 aromatic rings. The molecule has 0 atom stereocenters. The van der Waals surface area contributed by atoms with Gasteiger partial charge in [-0.05, 0) is 25.0 Å². The van der Waals surface area contributed by atoms with E-state index in [2.05, 4.69) is 24.1 Å². The molecule has 0 saturated heterocycles. The monoisotopic (exact) mass is 346 g/mol. The zero-order valence-electron chi connectivity index (χ0n) is 14.2. The first-order valence-electron chi connectivity index (χ1n) is 8.01. The van der Waals surface area contributed by atoms with Crippen molar-refractivity contribution in [3.8, 4) is 0 Å². The van der Waals surface area contributed by atoms with Gasteiger partial charge < -0.3 is 10.1 Å². The second kappa shape index (κ2) is 8.59. The van der Waals surface area contributed by atoms with Gasteiger partial charge in [0, 0.05) is 18.2 Å². The third-order valence-corrected chi connectivity index (χ3v) is 4.35. The van der Waals surface area contributed by atoms with Gasteiger partial charge in [0.15, 0.2) is 0 Å². The van der Waals surface area contributed by atoms with Crippen molar-refractivity contribution in [2.45, 2.75) is 39.5 Å². The summed E-state index contributed by atoms with van der Waals surface area (Å²) in [7, 11) is 0. The van der Waals surface area contributed by atoms with Gasteiger partial charge in [-0.3, -0.25) is 4.79 Å².